The summed E-state index contributed by atoms with van der Waals surface area (Å²) in [6, 6.07) is 7.71. The summed E-state index contributed by atoms with van der Waals surface area (Å²) in [5.41, 5.74) is 2.12. The molecular weight excluding hydrogens is 256 g/mol. The highest BCUT2D eigenvalue weighted by Gasteiger charge is 2.17. The van der Waals surface area contributed by atoms with E-state index in [4.69, 9.17) is 14.2 Å². The number of nitrogens with one attached hydrogen (secondary N) is 1. The first-order valence-electron chi connectivity index (χ1n) is 6.45. The molecule has 1 aromatic heterocycles. The van der Waals surface area contributed by atoms with E-state index in [9.17, 15) is 0 Å². The molecule has 1 N–H and O–H groups in total. The average Bonchev–Trinajstić information content (AvgIpc) is 2.93. The Labute approximate surface area is 117 Å². The lowest BCUT2D eigenvalue weighted by atomic mass is 10.1. The van der Waals surface area contributed by atoms with Crippen molar-refractivity contribution in [2.45, 2.75) is 13.2 Å². The Hall–Kier alpha value is -2.27. The van der Waals surface area contributed by atoms with Crippen molar-refractivity contribution >= 4 is 0 Å². The minimum atomic E-state index is 0.266. The molecule has 1 aromatic carbocycles. The third kappa shape index (κ3) is 2.67. The highest BCUT2D eigenvalue weighted by Crippen LogP contribution is 2.38. The minimum absolute atomic E-state index is 0.266. The van der Waals surface area contributed by atoms with E-state index in [0.717, 1.165) is 28.4 Å². The predicted octanol–water partition coefficient (Wildman–Crippen LogP) is 2.11. The number of rotatable bonds is 5. The van der Waals surface area contributed by atoms with Crippen LogP contribution in [0.3, 0.4) is 0 Å². The number of benzene rings is 1. The molecule has 0 unspecified atom stereocenters. The van der Waals surface area contributed by atoms with Crippen LogP contribution in [0.4, 0.5) is 0 Å². The lowest BCUT2D eigenvalue weighted by Gasteiger charge is -2.12. The number of nitrogens with zero attached hydrogens (tertiary/aromatic N) is 1. The van der Waals surface area contributed by atoms with E-state index in [1.165, 1.54) is 0 Å². The first-order chi connectivity index (χ1) is 9.86. The van der Waals surface area contributed by atoms with Crippen molar-refractivity contribution in [3.05, 3.63) is 47.8 Å². The first kappa shape index (κ1) is 12.7. The Morgan fingerprint density at radius 2 is 1.95 bits per heavy atom. The molecule has 0 amide bonds. The summed E-state index contributed by atoms with van der Waals surface area (Å²) in [5, 5.41) is 3.13. The topological polar surface area (TPSA) is 52.6 Å². The van der Waals surface area contributed by atoms with Crippen LogP contribution in [0.5, 0.6) is 17.2 Å². The maximum Gasteiger partial charge on any atom is 0.231 e. The second-order valence-corrected chi connectivity index (χ2v) is 4.49. The summed E-state index contributed by atoms with van der Waals surface area (Å²) in [6.45, 7) is 1.48. The molecule has 0 saturated carbocycles. The summed E-state index contributed by atoms with van der Waals surface area (Å²) in [5.74, 6) is 2.31. The SMILES string of the molecule is CNCc1cc2c(cc1OCc1ccncc1)OCO2. The van der Waals surface area contributed by atoms with E-state index in [1.807, 2.05) is 31.3 Å². The number of hydrogen-bond donors (Lipinski definition) is 1. The quantitative estimate of drug-likeness (QED) is 0.903. The molecule has 3 rings (SSSR count). The summed E-state index contributed by atoms with van der Waals surface area (Å²) in [4.78, 5) is 3.99. The van der Waals surface area contributed by atoms with Gasteiger partial charge in [0, 0.05) is 30.6 Å². The van der Waals surface area contributed by atoms with E-state index in [-0.39, 0.29) is 6.79 Å². The maximum absolute atomic E-state index is 5.90. The van der Waals surface area contributed by atoms with Crippen LogP contribution in [0.15, 0.2) is 36.7 Å². The van der Waals surface area contributed by atoms with Crippen LogP contribution in [0, 0.1) is 0 Å². The average molecular weight is 272 g/mol. The summed E-state index contributed by atoms with van der Waals surface area (Å²) < 4.78 is 16.7. The van der Waals surface area contributed by atoms with Gasteiger partial charge in [-0.1, -0.05) is 0 Å². The Balaban J connectivity index is 1.80. The Kier molecular flexibility index (Phi) is 3.69. The van der Waals surface area contributed by atoms with Gasteiger partial charge in [-0.05, 0) is 30.8 Å². The fourth-order valence-corrected chi connectivity index (χ4v) is 2.07. The van der Waals surface area contributed by atoms with Gasteiger partial charge < -0.3 is 19.5 Å². The molecule has 5 heteroatoms. The third-order valence-electron chi connectivity index (χ3n) is 3.07. The molecule has 5 nitrogen and oxygen atoms in total. The highest BCUT2D eigenvalue weighted by molar-refractivity contribution is 5.51. The van der Waals surface area contributed by atoms with E-state index >= 15 is 0 Å². The molecule has 2 aromatic rings. The van der Waals surface area contributed by atoms with Gasteiger partial charge in [0.05, 0.1) is 0 Å². The minimum Gasteiger partial charge on any atom is -0.488 e. The lowest BCUT2D eigenvalue weighted by Crippen LogP contribution is -2.07. The van der Waals surface area contributed by atoms with Crippen LogP contribution in [0.2, 0.25) is 0 Å². The fourth-order valence-electron chi connectivity index (χ4n) is 2.07. The second kappa shape index (κ2) is 5.79. The van der Waals surface area contributed by atoms with Crippen LogP contribution < -0.4 is 19.5 Å². The van der Waals surface area contributed by atoms with Crippen LogP contribution >= 0.6 is 0 Å². The highest BCUT2D eigenvalue weighted by atomic mass is 16.7. The van der Waals surface area contributed by atoms with Gasteiger partial charge in [-0.15, -0.1) is 0 Å². The fraction of sp³-hybridized carbons (Fsp3) is 0.267. The van der Waals surface area contributed by atoms with Crippen LogP contribution in [0.25, 0.3) is 0 Å². The van der Waals surface area contributed by atoms with Gasteiger partial charge in [0.15, 0.2) is 11.5 Å². The molecule has 0 radical (unpaired) electrons. The van der Waals surface area contributed by atoms with Gasteiger partial charge in [0.1, 0.15) is 12.4 Å². The summed E-state index contributed by atoms with van der Waals surface area (Å²) in [6.07, 6.45) is 3.51. The molecule has 0 saturated heterocycles. The zero-order valence-electron chi connectivity index (χ0n) is 11.3. The second-order valence-electron chi connectivity index (χ2n) is 4.49. The zero-order valence-corrected chi connectivity index (χ0v) is 11.3. The molecule has 0 aliphatic carbocycles. The molecular formula is C15H16N2O3. The molecule has 1 aliphatic heterocycles. The van der Waals surface area contributed by atoms with Crippen molar-refractivity contribution in [1.29, 1.82) is 0 Å². The molecule has 2 heterocycles. The van der Waals surface area contributed by atoms with E-state index in [1.54, 1.807) is 12.4 Å². The lowest BCUT2D eigenvalue weighted by molar-refractivity contribution is 0.173. The van der Waals surface area contributed by atoms with Crippen molar-refractivity contribution < 1.29 is 14.2 Å². The number of aromatic nitrogens is 1. The van der Waals surface area contributed by atoms with Gasteiger partial charge in [-0.2, -0.15) is 0 Å². The number of hydrogen-bond acceptors (Lipinski definition) is 5. The smallest absolute Gasteiger partial charge is 0.231 e. The van der Waals surface area contributed by atoms with Gasteiger partial charge in [0.2, 0.25) is 6.79 Å². The molecule has 0 bridgehead atoms. The van der Waals surface area contributed by atoms with Crippen LogP contribution in [-0.2, 0) is 13.2 Å². The number of fused-ring (bicyclic) bond motifs is 1. The van der Waals surface area contributed by atoms with Gasteiger partial charge in [-0.3, -0.25) is 4.98 Å². The standard InChI is InChI=1S/C15H16N2O3/c1-16-8-12-6-14-15(20-10-19-14)7-13(12)18-9-11-2-4-17-5-3-11/h2-7,16H,8-10H2,1H3. The van der Waals surface area contributed by atoms with Crippen molar-refractivity contribution in [3.8, 4) is 17.2 Å². The van der Waals surface area contributed by atoms with Gasteiger partial charge in [-0.25, -0.2) is 0 Å². The zero-order chi connectivity index (χ0) is 13.8. The first-order valence-corrected chi connectivity index (χ1v) is 6.45. The predicted molar refractivity (Wildman–Crippen MR) is 73.9 cm³/mol. The van der Waals surface area contributed by atoms with E-state index in [2.05, 4.69) is 10.3 Å². The van der Waals surface area contributed by atoms with Crippen LogP contribution in [-0.4, -0.2) is 18.8 Å². The van der Waals surface area contributed by atoms with Crippen molar-refractivity contribution in [2.24, 2.45) is 0 Å². The summed E-state index contributed by atoms with van der Waals surface area (Å²) >= 11 is 0. The maximum atomic E-state index is 5.90. The van der Waals surface area contributed by atoms with Crippen molar-refractivity contribution in [1.82, 2.24) is 10.3 Å². The third-order valence-corrected chi connectivity index (χ3v) is 3.07. The largest absolute Gasteiger partial charge is 0.488 e. The molecule has 104 valence electrons. The Morgan fingerprint density at radius 1 is 1.20 bits per heavy atom. The van der Waals surface area contributed by atoms with Crippen LogP contribution in [0.1, 0.15) is 11.1 Å². The number of pyridine rings is 1. The Morgan fingerprint density at radius 3 is 2.70 bits per heavy atom. The number of ether oxygens (including phenoxy) is 3. The molecule has 1 aliphatic rings. The normalized spacial score (nSPS) is 12.4. The molecule has 20 heavy (non-hydrogen) atoms. The van der Waals surface area contributed by atoms with Gasteiger partial charge >= 0.3 is 0 Å². The van der Waals surface area contributed by atoms with E-state index in [0.29, 0.717) is 13.2 Å². The molecule has 0 spiro atoms. The van der Waals surface area contributed by atoms with Crippen molar-refractivity contribution in [2.75, 3.05) is 13.8 Å². The molecule has 0 fully saturated rings. The summed E-state index contributed by atoms with van der Waals surface area (Å²) in [7, 11) is 1.90. The Bertz CT molecular complexity index is 587. The monoisotopic (exact) mass is 272 g/mol. The molecule has 0 atom stereocenters. The van der Waals surface area contributed by atoms with Gasteiger partial charge in [0.25, 0.3) is 0 Å². The van der Waals surface area contributed by atoms with E-state index < -0.39 is 0 Å². The van der Waals surface area contributed by atoms with Crippen molar-refractivity contribution in [3.63, 3.8) is 0 Å².